The monoisotopic (exact) mass is 258 g/mol. The molecular weight excluding hydrogens is 236 g/mol. The van der Waals surface area contributed by atoms with E-state index < -0.39 is 12.0 Å². The third-order valence-electron chi connectivity index (χ3n) is 2.88. The van der Waals surface area contributed by atoms with Gasteiger partial charge in [-0.3, -0.25) is 4.79 Å². The van der Waals surface area contributed by atoms with E-state index in [-0.39, 0.29) is 12.5 Å². The molecule has 1 heterocycles. The minimum atomic E-state index is -0.726. The molecule has 2 atom stereocenters. The molecular formula is C12H22N2O4. The van der Waals surface area contributed by atoms with Crippen LogP contribution in [0.2, 0.25) is 0 Å². The first-order valence-electron chi connectivity index (χ1n) is 6.29. The summed E-state index contributed by atoms with van der Waals surface area (Å²) in [5.74, 6) is -0.758. The number of esters is 1. The largest absolute Gasteiger partial charge is 0.467 e. The van der Waals surface area contributed by atoms with Crippen molar-refractivity contribution in [3.05, 3.63) is 0 Å². The van der Waals surface area contributed by atoms with Crippen LogP contribution in [-0.2, 0) is 19.1 Å². The molecule has 1 aliphatic rings. The number of methoxy groups -OCH3 is 1. The molecule has 6 heteroatoms. The number of piperidine rings is 1. The molecule has 1 rings (SSSR count). The van der Waals surface area contributed by atoms with Crippen LogP contribution in [0.15, 0.2) is 0 Å². The molecule has 0 aromatic rings. The summed E-state index contributed by atoms with van der Waals surface area (Å²) >= 11 is 0. The molecule has 0 aromatic carbocycles. The normalized spacial score (nSPS) is 21.1. The maximum absolute atomic E-state index is 11.4. The second kappa shape index (κ2) is 8.05. The van der Waals surface area contributed by atoms with Crippen molar-refractivity contribution in [3.63, 3.8) is 0 Å². The minimum absolute atomic E-state index is 0.143. The fraction of sp³-hybridized carbons (Fsp3) is 0.833. The zero-order valence-corrected chi connectivity index (χ0v) is 11.0. The lowest BCUT2D eigenvalue weighted by Gasteiger charge is -2.24. The summed E-state index contributed by atoms with van der Waals surface area (Å²) in [6.45, 7) is 3.07. The van der Waals surface area contributed by atoms with Crippen molar-refractivity contribution in [1.29, 1.82) is 0 Å². The van der Waals surface area contributed by atoms with Gasteiger partial charge in [0.1, 0.15) is 0 Å². The van der Waals surface area contributed by atoms with Gasteiger partial charge in [-0.2, -0.15) is 0 Å². The van der Waals surface area contributed by atoms with Gasteiger partial charge in [0, 0.05) is 13.0 Å². The number of rotatable bonds is 6. The summed E-state index contributed by atoms with van der Waals surface area (Å²) in [5, 5.41) is 5.86. The van der Waals surface area contributed by atoms with Crippen molar-refractivity contribution in [3.8, 4) is 0 Å². The lowest BCUT2D eigenvalue weighted by atomic mass is 10.1. The van der Waals surface area contributed by atoms with Gasteiger partial charge in [-0.25, -0.2) is 4.79 Å². The Morgan fingerprint density at radius 2 is 2.22 bits per heavy atom. The van der Waals surface area contributed by atoms with E-state index in [1.54, 1.807) is 0 Å². The minimum Gasteiger partial charge on any atom is -0.467 e. The molecule has 1 aliphatic heterocycles. The van der Waals surface area contributed by atoms with Crippen molar-refractivity contribution in [1.82, 2.24) is 10.6 Å². The molecule has 0 aromatic heterocycles. The molecule has 6 nitrogen and oxygen atoms in total. The molecule has 0 bridgehead atoms. The van der Waals surface area contributed by atoms with Gasteiger partial charge in [-0.15, -0.1) is 0 Å². The second-order valence-electron chi connectivity index (χ2n) is 4.46. The average Bonchev–Trinajstić information content (AvgIpc) is 2.37. The Morgan fingerprint density at radius 3 is 2.78 bits per heavy atom. The van der Waals surface area contributed by atoms with Crippen LogP contribution in [0.4, 0.5) is 0 Å². The average molecular weight is 258 g/mol. The van der Waals surface area contributed by atoms with Gasteiger partial charge in [-0.1, -0.05) is 6.42 Å². The quantitative estimate of drug-likeness (QED) is 0.646. The Kier molecular flexibility index (Phi) is 6.67. The van der Waals surface area contributed by atoms with Gasteiger partial charge in [-0.05, 0) is 19.4 Å². The molecule has 0 saturated carbocycles. The van der Waals surface area contributed by atoms with E-state index in [1.807, 2.05) is 0 Å². The SMILES string of the molecule is COC(=O)C(COCC1CCCCN1)NC(C)=O. The van der Waals surface area contributed by atoms with Crippen LogP contribution in [0.5, 0.6) is 0 Å². The van der Waals surface area contributed by atoms with Crippen LogP contribution >= 0.6 is 0 Å². The zero-order chi connectivity index (χ0) is 13.4. The predicted octanol–water partition coefficient (Wildman–Crippen LogP) is -0.177. The van der Waals surface area contributed by atoms with Crippen LogP contribution in [-0.4, -0.2) is 50.8 Å². The van der Waals surface area contributed by atoms with Crippen LogP contribution in [0.1, 0.15) is 26.2 Å². The molecule has 2 unspecified atom stereocenters. The van der Waals surface area contributed by atoms with Gasteiger partial charge >= 0.3 is 5.97 Å². The summed E-state index contributed by atoms with van der Waals surface area (Å²) in [4.78, 5) is 22.3. The number of hydrogen-bond acceptors (Lipinski definition) is 5. The van der Waals surface area contributed by atoms with E-state index in [1.165, 1.54) is 26.9 Å². The molecule has 0 aliphatic carbocycles. The highest BCUT2D eigenvalue weighted by molar-refractivity contribution is 5.83. The lowest BCUT2D eigenvalue weighted by molar-refractivity contribution is -0.146. The zero-order valence-electron chi connectivity index (χ0n) is 11.0. The van der Waals surface area contributed by atoms with Gasteiger partial charge in [0.05, 0.1) is 20.3 Å². The molecule has 0 spiro atoms. The topological polar surface area (TPSA) is 76.7 Å². The van der Waals surface area contributed by atoms with Crippen molar-refractivity contribution in [2.24, 2.45) is 0 Å². The molecule has 1 fully saturated rings. The highest BCUT2D eigenvalue weighted by atomic mass is 16.5. The first kappa shape index (κ1) is 14.9. The Morgan fingerprint density at radius 1 is 1.44 bits per heavy atom. The van der Waals surface area contributed by atoms with E-state index in [4.69, 9.17) is 4.74 Å². The number of nitrogens with one attached hydrogen (secondary N) is 2. The summed E-state index contributed by atoms with van der Waals surface area (Å²) in [6, 6.07) is -0.384. The fourth-order valence-corrected chi connectivity index (χ4v) is 1.95. The van der Waals surface area contributed by atoms with Crippen LogP contribution < -0.4 is 10.6 Å². The predicted molar refractivity (Wildman–Crippen MR) is 66.1 cm³/mol. The Labute approximate surface area is 107 Å². The van der Waals surface area contributed by atoms with E-state index in [2.05, 4.69) is 15.4 Å². The highest BCUT2D eigenvalue weighted by Gasteiger charge is 2.21. The van der Waals surface area contributed by atoms with Gasteiger partial charge in [0.25, 0.3) is 0 Å². The van der Waals surface area contributed by atoms with Crippen LogP contribution in [0.25, 0.3) is 0 Å². The summed E-state index contributed by atoms with van der Waals surface area (Å²) < 4.78 is 10.1. The smallest absolute Gasteiger partial charge is 0.330 e. The maximum atomic E-state index is 11.4. The summed E-state index contributed by atoms with van der Waals surface area (Å²) in [6.07, 6.45) is 3.49. The van der Waals surface area contributed by atoms with E-state index in [0.717, 1.165) is 13.0 Å². The number of ether oxygens (including phenoxy) is 2. The van der Waals surface area contributed by atoms with Crippen molar-refractivity contribution in [2.75, 3.05) is 26.9 Å². The Balaban J connectivity index is 2.27. The van der Waals surface area contributed by atoms with Crippen molar-refractivity contribution >= 4 is 11.9 Å². The number of carbonyl (C=O) groups excluding carboxylic acids is 2. The standard InChI is InChI=1S/C12H22N2O4/c1-9(15)14-11(12(16)17-2)8-18-7-10-5-3-4-6-13-10/h10-11,13H,3-8H2,1-2H3,(H,14,15). The first-order valence-corrected chi connectivity index (χ1v) is 6.29. The summed E-state index contributed by atoms with van der Waals surface area (Å²) in [7, 11) is 1.29. The van der Waals surface area contributed by atoms with Gasteiger partial charge in [0.15, 0.2) is 6.04 Å². The van der Waals surface area contributed by atoms with Crippen molar-refractivity contribution in [2.45, 2.75) is 38.3 Å². The lowest BCUT2D eigenvalue weighted by Crippen LogP contribution is -2.45. The van der Waals surface area contributed by atoms with Gasteiger partial charge in [0.2, 0.25) is 5.91 Å². The molecule has 1 saturated heterocycles. The third-order valence-corrected chi connectivity index (χ3v) is 2.88. The number of amides is 1. The fourth-order valence-electron chi connectivity index (χ4n) is 1.95. The summed E-state index contributed by atoms with van der Waals surface area (Å²) in [5.41, 5.74) is 0. The molecule has 0 radical (unpaired) electrons. The van der Waals surface area contributed by atoms with Crippen LogP contribution in [0, 0.1) is 0 Å². The number of carbonyl (C=O) groups is 2. The van der Waals surface area contributed by atoms with Crippen molar-refractivity contribution < 1.29 is 19.1 Å². The molecule has 104 valence electrons. The number of hydrogen-bond donors (Lipinski definition) is 2. The molecule has 2 N–H and O–H groups in total. The maximum Gasteiger partial charge on any atom is 0.330 e. The van der Waals surface area contributed by atoms with Gasteiger partial charge < -0.3 is 20.1 Å². The molecule has 18 heavy (non-hydrogen) atoms. The Hall–Kier alpha value is -1.14. The first-order chi connectivity index (χ1) is 8.63. The van der Waals surface area contributed by atoms with E-state index in [9.17, 15) is 9.59 Å². The second-order valence-corrected chi connectivity index (χ2v) is 4.46. The van der Waals surface area contributed by atoms with E-state index in [0.29, 0.717) is 12.6 Å². The van der Waals surface area contributed by atoms with E-state index >= 15 is 0 Å². The third kappa shape index (κ3) is 5.46. The highest BCUT2D eigenvalue weighted by Crippen LogP contribution is 2.07. The van der Waals surface area contributed by atoms with Crippen LogP contribution in [0.3, 0.4) is 0 Å². The Bertz CT molecular complexity index is 277. The molecule has 1 amide bonds.